The molecule has 0 saturated carbocycles. The van der Waals surface area contributed by atoms with E-state index in [2.05, 4.69) is 9.08 Å². The zero-order valence-electron chi connectivity index (χ0n) is 6.63. The standard InChI is InChI=1S/C6H14N2OS/c1-5(2)10(9)7-4-6(3)8-10/h5-6H,4H2,1-3H3,(H,7,8,9). The van der Waals surface area contributed by atoms with Gasteiger partial charge >= 0.3 is 0 Å². The summed E-state index contributed by atoms with van der Waals surface area (Å²) >= 11 is 0. The number of nitrogens with zero attached hydrogens (tertiary/aromatic N) is 1. The van der Waals surface area contributed by atoms with Gasteiger partial charge in [-0.1, -0.05) is 0 Å². The summed E-state index contributed by atoms with van der Waals surface area (Å²) in [6, 6.07) is 0.287. The molecular weight excluding hydrogens is 148 g/mol. The lowest BCUT2D eigenvalue weighted by molar-refractivity contribution is 0.653. The van der Waals surface area contributed by atoms with E-state index in [1.807, 2.05) is 20.8 Å². The second-order valence-corrected chi connectivity index (χ2v) is 5.52. The molecule has 1 N–H and O–H groups in total. The molecular formula is C6H14N2OS. The van der Waals surface area contributed by atoms with E-state index in [1.165, 1.54) is 0 Å². The smallest absolute Gasteiger partial charge is 0.110 e. The van der Waals surface area contributed by atoms with Gasteiger partial charge in [0.05, 0.1) is 11.8 Å². The van der Waals surface area contributed by atoms with Gasteiger partial charge in [-0.25, -0.2) is 13.3 Å². The van der Waals surface area contributed by atoms with Crippen molar-refractivity contribution < 1.29 is 4.21 Å². The van der Waals surface area contributed by atoms with Gasteiger partial charge < -0.3 is 0 Å². The topological polar surface area (TPSA) is 41.5 Å². The molecule has 0 aromatic rings. The van der Waals surface area contributed by atoms with Crippen LogP contribution in [0, 0.1) is 0 Å². The fraction of sp³-hybridized carbons (Fsp3) is 1.00. The molecule has 0 amide bonds. The minimum absolute atomic E-state index is 0.123. The molecule has 4 heteroatoms. The summed E-state index contributed by atoms with van der Waals surface area (Å²) in [5.41, 5.74) is 0. The van der Waals surface area contributed by atoms with Crippen LogP contribution in [0.2, 0.25) is 0 Å². The minimum Gasteiger partial charge on any atom is -0.234 e. The molecule has 1 aliphatic heterocycles. The molecule has 3 nitrogen and oxygen atoms in total. The third-order valence-electron chi connectivity index (χ3n) is 1.55. The van der Waals surface area contributed by atoms with Crippen LogP contribution < -0.4 is 4.72 Å². The Morgan fingerprint density at radius 1 is 1.70 bits per heavy atom. The van der Waals surface area contributed by atoms with Crippen LogP contribution in [0.3, 0.4) is 0 Å². The maximum Gasteiger partial charge on any atom is 0.110 e. The Labute approximate surface area is 62.5 Å². The van der Waals surface area contributed by atoms with E-state index in [0.29, 0.717) is 6.54 Å². The third kappa shape index (κ3) is 1.32. The van der Waals surface area contributed by atoms with E-state index in [-0.39, 0.29) is 11.3 Å². The first kappa shape index (κ1) is 8.01. The van der Waals surface area contributed by atoms with Gasteiger partial charge in [0.25, 0.3) is 0 Å². The van der Waals surface area contributed by atoms with E-state index in [9.17, 15) is 4.21 Å². The Hall–Kier alpha value is -0.0900. The number of nitrogens with one attached hydrogen (secondary N) is 1. The summed E-state index contributed by atoms with van der Waals surface area (Å²) in [4.78, 5) is 0. The average molecular weight is 162 g/mol. The van der Waals surface area contributed by atoms with Gasteiger partial charge in [0.15, 0.2) is 0 Å². The molecule has 60 valence electrons. The van der Waals surface area contributed by atoms with E-state index >= 15 is 0 Å². The lowest BCUT2D eigenvalue weighted by atomic mass is 10.4. The van der Waals surface area contributed by atoms with Gasteiger partial charge in [0.1, 0.15) is 9.92 Å². The van der Waals surface area contributed by atoms with Crippen LogP contribution in [0.5, 0.6) is 0 Å². The monoisotopic (exact) mass is 162 g/mol. The normalized spacial score (nSPS) is 40.2. The summed E-state index contributed by atoms with van der Waals surface area (Å²) in [7, 11) is -2.04. The Kier molecular flexibility index (Phi) is 2.01. The second kappa shape index (κ2) is 2.51. The van der Waals surface area contributed by atoms with Gasteiger partial charge in [0.2, 0.25) is 0 Å². The zero-order valence-corrected chi connectivity index (χ0v) is 7.44. The molecule has 10 heavy (non-hydrogen) atoms. The van der Waals surface area contributed by atoms with E-state index in [1.54, 1.807) is 0 Å². The van der Waals surface area contributed by atoms with Gasteiger partial charge in [0, 0.05) is 6.04 Å². The Balaban J connectivity index is 2.82. The van der Waals surface area contributed by atoms with Crippen molar-refractivity contribution in [2.75, 3.05) is 6.54 Å². The first-order valence-electron chi connectivity index (χ1n) is 3.53. The van der Waals surface area contributed by atoms with Crippen molar-refractivity contribution in [3.05, 3.63) is 0 Å². The average Bonchev–Trinajstić information content (AvgIpc) is 2.13. The molecule has 2 unspecified atom stereocenters. The van der Waals surface area contributed by atoms with Crippen molar-refractivity contribution in [1.82, 2.24) is 4.72 Å². The summed E-state index contributed by atoms with van der Waals surface area (Å²) in [6.07, 6.45) is 0. The van der Waals surface area contributed by atoms with E-state index < -0.39 is 9.92 Å². The van der Waals surface area contributed by atoms with Crippen molar-refractivity contribution in [1.29, 1.82) is 0 Å². The fourth-order valence-corrected chi connectivity index (χ4v) is 2.61. The number of hydrogen-bond acceptors (Lipinski definition) is 2. The summed E-state index contributed by atoms with van der Waals surface area (Å²) in [5.74, 6) is 0. The van der Waals surface area contributed by atoms with Gasteiger partial charge in [-0.3, -0.25) is 0 Å². The molecule has 1 aliphatic rings. The summed E-state index contributed by atoms with van der Waals surface area (Å²) in [6.45, 7) is 6.54. The van der Waals surface area contributed by atoms with Crippen molar-refractivity contribution in [3.8, 4) is 0 Å². The van der Waals surface area contributed by atoms with E-state index in [4.69, 9.17) is 0 Å². The highest BCUT2D eigenvalue weighted by atomic mass is 32.2. The first-order valence-corrected chi connectivity index (χ1v) is 5.11. The molecule has 1 rings (SSSR count). The van der Waals surface area contributed by atoms with Crippen LogP contribution in [-0.2, 0) is 9.92 Å². The molecule has 0 radical (unpaired) electrons. The third-order valence-corrected chi connectivity index (χ3v) is 4.10. The van der Waals surface area contributed by atoms with Crippen LogP contribution in [0.1, 0.15) is 20.8 Å². The lowest BCUT2D eigenvalue weighted by Crippen LogP contribution is -2.31. The summed E-state index contributed by atoms with van der Waals surface area (Å²) in [5, 5.41) is 0.123. The maximum atomic E-state index is 11.6. The molecule has 2 atom stereocenters. The van der Waals surface area contributed by atoms with Gasteiger partial charge in [-0.15, -0.1) is 0 Å². The largest absolute Gasteiger partial charge is 0.234 e. The van der Waals surface area contributed by atoms with Crippen molar-refractivity contribution in [3.63, 3.8) is 0 Å². The quantitative estimate of drug-likeness (QED) is 0.608. The molecule has 0 aromatic carbocycles. The highest BCUT2D eigenvalue weighted by Gasteiger charge is 2.22. The minimum atomic E-state index is -2.04. The molecule has 0 aliphatic carbocycles. The highest BCUT2D eigenvalue weighted by Crippen LogP contribution is 2.09. The van der Waals surface area contributed by atoms with Crippen molar-refractivity contribution in [2.24, 2.45) is 4.36 Å². The van der Waals surface area contributed by atoms with Crippen LogP contribution in [0.4, 0.5) is 0 Å². The highest BCUT2D eigenvalue weighted by molar-refractivity contribution is 7.92. The lowest BCUT2D eigenvalue weighted by Gasteiger charge is -2.09. The number of rotatable bonds is 1. The fourth-order valence-electron chi connectivity index (χ4n) is 0.870. The molecule has 0 bridgehead atoms. The number of hydrogen-bond donors (Lipinski definition) is 1. The molecule has 0 fully saturated rings. The van der Waals surface area contributed by atoms with Crippen molar-refractivity contribution in [2.45, 2.75) is 32.1 Å². The SMILES string of the molecule is CC1CN=S(=O)(C(C)C)N1. The van der Waals surface area contributed by atoms with Crippen LogP contribution in [-0.4, -0.2) is 22.0 Å². The molecule has 0 aromatic heterocycles. The Morgan fingerprint density at radius 2 is 2.30 bits per heavy atom. The molecule has 0 spiro atoms. The van der Waals surface area contributed by atoms with Gasteiger partial charge in [-0.2, -0.15) is 0 Å². The molecule has 0 saturated heterocycles. The predicted molar refractivity (Wildman–Crippen MR) is 43.2 cm³/mol. The maximum absolute atomic E-state index is 11.6. The second-order valence-electron chi connectivity index (χ2n) is 2.95. The van der Waals surface area contributed by atoms with Crippen LogP contribution in [0.15, 0.2) is 4.36 Å². The van der Waals surface area contributed by atoms with Crippen LogP contribution in [0.25, 0.3) is 0 Å². The molecule has 1 heterocycles. The van der Waals surface area contributed by atoms with Crippen molar-refractivity contribution >= 4 is 9.92 Å². The first-order chi connectivity index (χ1) is 4.54. The Bertz CT molecular complexity index is 228. The van der Waals surface area contributed by atoms with Crippen LogP contribution >= 0.6 is 0 Å². The predicted octanol–water partition coefficient (Wildman–Crippen LogP) is 0.770. The summed E-state index contributed by atoms with van der Waals surface area (Å²) < 4.78 is 18.7. The Morgan fingerprint density at radius 3 is 2.50 bits per heavy atom. The zero-order chi connectivity index (χ0) is 7.78. The van der Waals surface area contributed by atoms with E-state index in [0.717, 1.165) is 0 Å². The van der Waals surface area contributed by atoms with Gasteiger partial charge in [-0.05, 0) is 20.8 Å².